The molecule has 0 bridgehead atoms. The molecule has 0 saturated heterocycles. The molecule has 2 N–H and O–H groups in total. The van der Waals surface area contributed by atoms with Crippen molar-refractivity contribution in [3.63, 3.8) is 0 Å². The standard InChI is InChI=1S/C16H25NO3/c1-15(2,3)20-14(18)17-13(16(4,5)19)11-12-9-7-6-8-10-12/h6-10,13,19H,11H2,1-5H3,(H,17,18). The molecular weight excluding hydrogens is 254 g/mol. The third-order valence-corrected chi connectivity index (χ3v) is 2.83. The highest BCUT2D eigenvalue weighted by Gasteiger charge is 2.30. The van der Waals surface area contributed by atoms with Crippen LogP contribution >= 0.6 is 0 Å². The Morgan fingerprint density at radius 3 is 2.20 bits per heavy atom. The lowest BCUT2D eigenvalue weighted by Gasteiger charge is -2.31. The molecule has 0 heterocycles. The van der Waals surface area contributed by atoms with Crippen molar-refractivity contribution in [2.75, 3.05) is 0 Å². The Morgan fingerprint density at radius 1 is 1.20 bits per heavy atom. The van der Waals surface area contributed by atoms with Crippen LogP contribution in [-0.4, -0.2) is 28.4 Å². The summed E-state index contributed by atoms with van der Waals surface area (Å²) < 4.78 is 5.24. The van der Waals surface area contributed by atoms with Gasteiger partial charge in [0.25, 0.3) is 0 Å². The first-order valence-corrected chi connectivity index (χ1v) is 6.84. The Labute approximate surface area is 121 Å². The van der Waals surface area contributed by atoms with E-state index in [0.29, 0.717) is 6.42 Å². The van der Waals surface area contributed by atoms with Gasteiger partial charge in [0.15, 0.2) is 0 Å². The second-order valence-corrected chi connectivity index (χ2v) is 6.54. The van der Waals surface area contributed by atoms with Crippen LogP contribution in [-0.2, 0) is 11.2 Å². The second-order valence-electron chi connectivity index (χ2n) is 6.54. The monoisotopic (exact) mass is 279 g/mol. The van der Waals surface area contributed by atoms with Gasteiger partial charge < -0.3 is 15.2 Å². The third-order valence-electron chi connectivity index (χ3n) is 2.83. The van der Waals surface area contributed by atoms with Crippen molar-refractivity contribution in [3.8, 4) is 0 Å². The number of amides is 1. The van der Waals surface area contributed by atoms with E-state index >= 15 is 0 Å². The summed E-state index contributed by atoms with van der Waals surface area (Å²) in [4.78, 5) is 11.9. The minimum atomic E-state index is -1.03. The Morgan fingerprint density at radius 2 is 1.75 bits per heavy atom. The van der Waals surface area contributed by atoms with Crippen molar-refractivity contribution < 1.29 is 14.6 Å². The molecule has 0 saturated carbocycles. The van der Waals surface area contributed by atoms with Crippen molar-refractivity contribution in [2.45, 2.75) is 58.3 Å². The summed E-state index contributed by atoms with van der Waals surface area (Å²) >= 11 is 0. The fourth-order valence-corrected chi connectivity index (χ4v) is 1.78. The fraction of sp³-hybridized carbons (Fsp3) is 0.562. The summed E-state index contributed by atoms with van der Waals surface area (Å²) in [6.45, 7) is 8.78. The van der Waals surface area contributed by atoms with E-state index in [1.165, 1.54) is 0 Å². The summed E-state index contributed by atoms with van der Waals surface area (Å²) in [6, 6.07) is 9.32. The smallest absolute Gasteiger partial charge is 0.407 e. The first-order valence-electron chi connectivity index (χ1n) is 6.84. The molecule has 1 amide bonds. The molecule has 4 nitrogen and oxygen atoms in total. The van der Waals surface area contributed by atoms with E-state index < -0.39 is 23.3 Å². The molecule has 0 aliphatic heterocycles. The third kappa shape index (κ3) is 6.06. The number of aliphatic hydroxyl groups is 1. The molecule has 0 aliphatic rings. The first-order chi connectivity index (χ1) is 9.08. The molecule has 0 aliphatic carbocycles. The number of benzene rings is 1. The maximum atomic E-state index is 11.9. The van der Waals surface area contributed by atoms with Crippen LogP contribution in [0.15, 0.2) is 30.3 Å². The van der Waals surface area contributed by atoms with Gasteiger partial charge in [0.05, 0.1) is 11.6 Å². The Balaban J connectivity index is 2.74. The minimum absolute atomic E-state index is 0.417. The Kier molecular flexibility index (Phi) is 5.17. The number of nitrogens with one attached hydrogen (secondary N) is 1. The highest BCUT2D eigenvalue weighted by molar-refractivity contribution is 5.68. The quantitative estimate of drug-likeness (QED) is 0.891. The van der Waals surface area contributed by atoms with Crippen LogP contribution in [0.2, 0.25) is 0 Å². The minimum Gasteiger partial charge on any atom is -0.444 e. The highest BCUT2D eigenvalue weighted by Crippen LogP contribution is 2.16. The van der Waals surface area contributed by atoms with Gasteiger partial charge in [-0.15, -0.1) is 0 Å². The normalized spacial score (nSPS) is 13.7. The van der Waals surface area contributed by atoms with Crippen LogP contribution < -0.4 is 5.32 Å². The number of alkyl carbamates (subject to hydrolysis) is 1. The van der Waals surface area contributed by atoms with E-state index in [1.54, 1.807) is 13.8 Å². The fourth-order valence-electron chi connectivity index (χ4n) is 1.78. The molecule has 0 aromatic heterocycles. The maximum Gasteiger partial charge on any atom is 0.407 e. The lowest BCUT2D eigenvalue weighted by molar-refractivity contribution is 0.0170. The van der Waals surface area contributed by atoms with Gasteiger partial charge in [0.1, 0.15) is 5.60 Å². The van der Waals surface area contributed by atoms with Crippen LogP contribution in [0.3, 0.4) is 0 Å². The molecule has 1 atom stereocenters. The van der Waals surface area contributed by atoms with Gasteiger partial charge in [-0.3, -0.25) is 0 Å². The summed E-state index contributed by atoms with van der Waals surface area (Å²) in [5.74, 6) is 0. The zero-order valence-corrected chi connectivity index (χ0v) is 12.9. The van der Waals surface area contributed by atoms with E-state index in [9.17, 15) is 9.90 Å². The number of carbonyl (C=O) groups is 1. The van der Waals surface area contributed by atoms with Crippen molar-refractivity contribution in [3.05, 3.63) is 35.9 Å². The average Bonchev–Trinajstić information content (AvgIpc) is 2.25. The molecule has 1 aromatic carbocycles. The van der Waals surface area contributed by atoms with Gasteiger partial charge in [-0.1, -0.05) is 30.3 Å². The van der Waals surface area contributed by atoms with Crippen LogP contribution in [0, 0.1) is 0 Å². The molecule has 112 valence electrons. The summed E-state index contributed by atoms with van der Waals surface area (Å²) in [5, 5.41) is 13.0. The summed E-state index contributed by atoms with van der Waals surface area (Å²) in [5.41, 5.74) is -0.538. The number of ether oxygens (including phenoxy) is 1. The van der Waals surface area contributed by atoms with Gasteiger partial charge in [-0.05, 0) is 46.6 Å². The van der Waals surface area contributed by atoms with E-state index in [-0.39, 0.29) is 0 Å². The number of rotatable bonds is 4. The maximum absolute atomic E-state index is 11.9. The van der Waals surface area contributed by atoms with E-state index in [2.05, 4.69) is 5.32 Å². The molecule has 20 heavy (non-hydrogen) atoms. The zero-order chi connectivity index (χ0) is 15.4. The largest absolute Gasteiger partial charge is 0.444 e. The number of hydrogen-bond acceptors (Lipinski definition) is 3. The molecule has 1 rings (SSSR count). The molecule has 4 heteroatoms. The van der Waals surface area contributed by atoms with Crippen molar-refractivity contribution in [2.24, 2.45) is 0 Å². The number of carbonyl (C=O) groups excluding carboxylic acids is 1. The van der Waals surface area contributed by atoms with Crippen molar-refractivity contribution in [1.82, 2.24) is 5.32 Å². The van der Waals surface area contributed by atoms with Crippen molar-refractivity contribution >= 4 is 6.09 Å². The second kappa shape index (κ2) is 6.27. The lowest BCUT2D eigenvalue weighted by atomic mass is 9.92. The molecule has 0 fully saturated rings. The molecule has 1 unspecified atom stereocenters. The molecule has 0 radical (unpaired) electrons. The summed E-state index contributed by atoms with van der Waals surface area (Å²) in [6.07, 6.45) is 0.0318. The first kappa shape index (κ1) is 16.5. The van der Waals surface area contributed by atoms with Crippen molar-refractivity contribution in [1.29, 1.82) is 0 Å². The SMILES string of the molecule is CC(C)(C)OC(=O)NC(Cc1ccccc1)C(C)(C)O. The molecule has 0 spiro atoms. The van der Waals surface area contributed by atoms with Gasteiger partial charge in [-0.25, -0.2) is 4.79 Å². The van der Waals surface area contributed by atoms with Gasteiger partial charge >= 0.3 is 6.09 Å². The number of hydrogen-bond donors (Lipinski definition) is 2. The van der Waals surface area contributed by atoms with E-state index in [4.69, 9.17) is 4.74 Å². The van der Waals surface area contributed by atoms with Gasteiger partial charge in [0.2, 0.25) is 0 Å². The predicted molar refractivity (Wildman–Crippen MR) is 79.6 cm³/mol. The summed E-state index contributed by atoms with van der Waals surface area (Å²) in [7, 11) is 0. The lowest BCUT2D eigenvalue weighted by Crippen LogP contribution is -2.51. The van der Waals surface area contributed by atoms with Gasteiger partial charge in [-0.2, -0.15) is 0 Å². The van der Waals surface area contributed by atoms with Crippen LogP contribution in [0.25, 0.3) is 0 Å². The molecule has 1 aromatic rings. The van der Waals surface area contributed by atoms with Gasteiger partial charge in [0, 0.05) is 0 Å². The molecular formula is C16H25NO3. The van der Waals surface area contributed by atoms with E-state index in [0.717, 1.165) is 5.56 Å². The Hall–Kier alpha value is -1.55. The van der Waals surface area contributed by atoms with Crippen LogP contribution in [0.5, 0.6) is 0 Å². The van der Waals surface area contributed by atoms with E-state index in [1.807, 2.05) is 51.1 Å². The van der Waals surface area contributed by atoms with Crippen LogP contribution in [0.4, 0.5) is 4.79 Å². The highest BCUT2D eigenvalue weighted by atomic mass is 16.6. The average molecular weight is 279 g/mol. The predicted octanol–water partition coefficient (Wildman–Crippen LogP) is 2.89. The zero-order valence-electron chi connectivity index (χ0n) is 12.9. The topological polar surface area (TPSA) is 58.6 Å². The Bertz CT molecular complexity index is 429. The van der Waals surface area contributed by atoms with Crippen LogP contribution in [0.1, 0.15) is 40.2 Å².